The molecule has 0 radical (unpaired) electrons. The lowest BCUT2D eigenvalue weighted by Crippen LogP contribution is -2.40. The van der Waals surface area contributed by atoms with Gasteiger partial charge in [0.05, 0.1) is 0 Å². The molecule has 1 unspecified atom stereocenters. The zero-order valence-electron chi connectivity index (χ0n) is 9.45. The molecule has 5 nitrogen and oxygen atoms in total. The predicted octanol–water partition coefficient (Wildman–Crippen LogP) is 1.73. The molecular formula is C11H13FN2O3. The summed E-state index contributed by atoms with van der Waals surface area (Å²) < 4.78 is 12.8. The summed E-state index contributed by atoms with van der Waals surface area (Å²) in [4.78, 5) is 21.9. The van der Waals surface area contributed by atoms with Crippen molar-refractivity contribution in [2.45, 2.75) is 19.9 Å². The lowest BCUT2D eigenvalue weighted by Gasteiger charge is -2.12. The molecule has 0 fully saturated rings. The first-order valence-corrected chi connectivity index (χ1v) is 4.96. The summed E-state index contributed by atoms with van der Waals surface area (Å²) in [5.41, 5.74) is 0.990. The quantitative estimate of drug-likeness (QED) is 0.752. The van der Waals surface area contributed by atoms with Crippen LogP contribution in [0.25, 0.3) is 0 Å². The second-order valence-corrected chi connectivity index (χ2v) is 3.62. The number of aliphatic carboxylic acids is 1. The molecule has 92 valence electrons. The Morgan fingerprint density at radius 2 is 2.06 bits per heavy atom. The molecule has 0 heterocycles. The third kappa shape index (κ3) is 3.75. The van der Waals surface area contributed by atoms with Crippen LogP contribution in [0.15, 0.2) is 18.2 Å². The Bertz CT molecular complexity index is 448. The highest BCUT2D eigenvalue weighted by molar-refractivity contribution is 5.92. The summed E-state index contributed by atoms with van der Waals surface area (Å²) in [5, 5.41) is 13.3. The molecule has 0 aliphatic rings. The van der Waals surface area contributed by atoms with E-state index in [1.54, 1.807) is 6.92 Å². The first-order valence-electron chi connectivity index (χ1n) is 4.96. The van der Waals surface area contributed by atoms with Gasteiger partial charge in [-0.3, -0.25) is 4.79 Å². The maximum atomic E-state index is 12.8. The van der Waals surface area contributed by atoms with Gasteiger partial charge >= 0.3 is 12.0 Å². The van der Waals surface area contributed by atoms with Gasteiger partial charge in [-0.15, -0.1) is 0 Å². The van der Waals surface area contributed by atoms with Gasteiger partial charge in [0.15, 0.2) is 0 Å². The Hall–Kier alpha value is -2.11. The van der Waals surface area contributed by atoms with E-state index in [0.717, 1.165) is 0 Å². The number of carbonyl (C=O) groups is 2. The lowest BCUT2D eigenvalue weighted by atomic mass is 10.2. The van der Waals surface area contributed by atoms with E-state index in [0.29, 0.717) is 11.3 Å². The molecule has 3 N–H and O–H groups in total. The zero-order valence-corrected chi connectivity index (χ0v) is 9.45. The average Bonchev–Trinajstić information content (AvgIpc) is 2.22. The molecule has 0 saturated heterocycles. The molecule has 1 aromatic carbocycles. The number of aryl methyl sites for hydroxylation is 1. The van der Waals surface area contributed by atoms with E-state index in [1.165, 1.54) is 25.1 Å². The van der Waals surface area contributed by atoms with Gasteiger partial charge in [0.1, 0.15) is 11.9 Å². The molecule has 0 aromatic heterocycles. The minimum Gasteiger partial charge on any atom is -0.480 e. The Balaban J connectivity index is 2.65. The van der Waals surface area contributed by atoms with Crippen molar-refractivity contribution in [3.63, 3.8) is 0 Å². The molecule has 17 heavy (non-hydrogen) atoms. The van der Waals surface area contributed by atoms with E-state index < -0.39 is 23.9 Å². The van der Waals surface area contributed by atoms with E-state index in [2.05, 4.69) is 10.6 Å². The van der Waals surface area contributed by atoms with Gasteiger partial charge in [0.2, 0.25) is 0 Å². The van der Waals surface area contributed by atoms with Crippen molar-refractivity contribution in [2.75, 3.05) is 5.32 Å². The maximum absolute atomic E-state index is 12.8. The van der Waals surface area contributed by atoms with Gasteiger partial charge in [0.25, 0.3) is 0 Å². The van der Waals surface area contributed by atoms with Gasteiger partial charge in [0, 0.05) is 5.69 Å². The van der Waals surface area contributed by atoms with Crippen LogP contribution >= 0.6 is 0 Å². The second kappa shape index (κ2) is 5.29. The first kappa shape index (κ1) is 13.0. The van der Waals surface area contributed by atoms with Crippen LogP contribution in [0.5, 0.6) is 0 Å². The number of urea groups is 1. The van der Waals surface area contributed by atoms with Crippen molar-refractivity contribution in [1.29, 1.82) is 0 Å². The van der Waals surface area contributed by atoms with Crippen LogP contribution in [-0.2, 0) is 4.79 Å². The van der Waals surface area contributed by atoms with Crippen molar-refractivity contribution in [3.8, 4) is 0 Å². The summed E-state index contributed by atoms with van der Waals surface area (Å²) in [5.74, 6) is -1.52. The van der Waals surface area contributed by atoms with Crippen LogP contribution in [-0.4, -0.2) is 23.1 Å². The number of hydrogen-bond donors (Lipinski definition) is 3. The Kier molecular flexibility index (Phi) is 4.03. The number of anilines is 1. The molecule has 0 saturated carbocycles. The summed E-state index contributed by atoms with van der Waals surface area (Å²) in [6.45, 7) is 2.98. The highest BCUT2D eigenvalue weighted by Crippen LogP contribution is 2.15. The van der Waals surface area contributed by atoms with Gasteiger partial charge in [-0.2, -0.15) is 0 Å². The smallest absolute Gasteiger partial charge is 0.325 e. The first-order chi connectivity index (χ1) is 7.90. The number of carboxylic acid groups (broad SMARTS) is 1. The van der Waals surface area contributed by atoms with Gasteiger partial charge < -0.3 is 15.7 Å². The number of hydrogen-bond acceptors (Lipinski definition) is 2. The maximum Gasteiger partial charge on any atom is 0.325 e. The van der Waals surface area contributed by atoms with E-state index in [1.807, 2.05) is 0 Å². The van der Waals surface area contributed by atoms with E-state index in [-0.39, 0.29) is 0 Å². The average molecular weight is 240 g/mol. The highest BCUT2D eigenvalue weighted by Gasteiger charge is 2.14. The summed E-state index contributed by atoms with van der Waals surface area (Å²) in [6.07, 6.45) is 0. The van der Waals surface area contributed by atoms with Crippen molar-refractivity contribution >= 4 is 17.7 Å². The van der Waals surface area contributed by atoms with Crippen molar-refractivity contribution in [1.82, 2.24) is 5.32 Å². The zero-order chi connectivity index (χ0) is 13.0. The number of amides is 2. The van der Waals surface area contributed by atoms with Gasteiger partial charge in [-0.25, -0.2) is 9.18 Å². The number of rotatable bonds is 3. The normalized spacial score (nSPS) is 11.7. The number of halogens is 1. The summed E-state index contributed by atoms with van der Waals surface area (Å²) >= 11 is 0. The standard InChI is InChI=1S/C11H13FN2O3/c1-6-5-8(12)3-4-9(6)14-11(17)13-7(2)10(15)16/h3-5,7H,1-2H3,(H,15,16)(H2,13,14,17). The molecule has 6 heteroatoms. The fourth-order valence-corrected chi connectivity index (χ4v) is 1.18. The van der Waals surface area contributed by atoms with Gasteiger partial charge in [-0.05, 0) is 37.6 Å². The lowest BCUT2D eigenvalue weighted by molar-refractivity contribution is -0.138. The predicted molar refractivity (Wildman–Crippen MR) is 60.4 cm³/mol. The molecular weight excluding hydrogens is 227 g/mol. The Morgan fingerprint density at radius 1 is 1.41 bits per heavy atom. The molecule has 0 aliphatic carbocycles. The summed E-state index contributed by atoms with van der Waals surface area (Å²) in [6, 6.07) is 2.26. The highest BCUT2D eigenvalue weighted by atomic mass is 19.1. The largest absolute Gasteiger partial charge is 0.480 e. The third-order valence-corrected chi connectivity index (χ3v) is 2.15. The minimum absolute atomic E-state index is 0.396. The van der Waals surface area contributed by atoms with E-state index in [9.17, 15) is 14.0 Å². The SMILES string of the molecule is Cc1cc(F)ccc1NC(=O)NC(C)C(=O)O. The fourth-order valence-electron chi connectivity index (χ4n) is 1.18. The molecule has 2 amide bonds. The van der Waals surface area contributed by atoms with Crippen molar-refractivity contribution < 1.29 is 19.1 Å². The Morgan fingerprint density at radius 3 is 2.59 bits per heavy atom. The monoisotopic (exact) mass is 240 g/mol. The number of carbonyl (C=O) groups excluding carboxylic acids is 1. The van der Waals surface area contributed by atoms with Crippen LogP contribution in [0.4, 0.5) is 14.9 Å². The Labute approximate surface area is 97.6 Å². The molecule has 0 bridgehead atoms. The summed E-state index contributed by atoms with van der Waals surface area (Å²) in [7, 11) is 0. The van der Waals surface area contributed by atoms with Crippen LogP contribution in [0.3, 0.4) is 0 Å². The second-order valence-electron chi connectivity index (χ2n) is 3.62. The van der Waals surface area contributed by atoms with Crippen LogP contribution in [0.2, 0.25) is 0 Å². The number of nitrogens with one attached hydrogen (secondary N) is 2. The molecule has 0 spiro atoms. The van der Waals surface area contributed by atoms with Crippen molar-refractivity contribution in [3.05, 3.63) is 29.6 Å². The van der Waals surface area contributed by atoms with Crippen LogP contribution in [0, 0.1) is 12.7 Å². The molecule has 1 atom stereocenters. The minimum atomic E-state index is -1.13. The van der Waals surface area contributed by atoms with Crippen LogP contribution in [0.1, 0.15) is 12.5 Å². The number of carboxylic acids is 1. The topological polar surface area (TPSA) is 78.4 Å². The molecule has 1 aromatic rings. The van der Waals surface area contributed by atoms with Crippen molar-refractivity contribution in [2.24, 2.45) is 0 Å². The third-order valence-electron chi connectivity index (χ3n) is 2.15. The van der Waals surface area contributed by atoms with E-state index >= 15 is 0 Å². The van der Waals surface area contributed by atoms with Gasteiger partial charge in [-0.1, -0.05) is 0 Å². The van der Waals surface area contributed by atoms with Crippen LogP contribution < -0.4 is 10.6 Å². The van der Waals surface area contributed by atoms with E-state index in [4.69, 9.17) is 5.11 Å². The fraction of sp³-hybridized carbons (Fsp3) is 0.273. The molecule has 1 rings (SSSR count). The number of benzene rings is 1. The molecule has 0 aliphatic heterocycles.